The molecule has 32 heavy (non-hydrogen) atoms. The number of fused-ring (bicyclic) bond motifs is 1. The number of hydrogen-bond acceptors (Lipinski definition) is 6. The molecule has 0 radical (unpaired) electrons. The van der Waals surface area contributed by atoms with E-state index in [0.717, 1.165) is 16.5 Å². The normalized spacial score (nSPS) is 19.5. The van der Waals surface area contributed by atoms with E-state index in [2.05, 4.69) is 20.3 Å². The van der Waals surface area contributed by atoms with Crippen LogP contribution in [0, 0.1) is 0 Å². The van der Waals surface area contributed by atoms with E-state index in [-0.39, 0.29) is 24.6 Å². The number of H-pyrrole nitrogens is 1. The number of hydrogen-bond donors (Lipinski definition) is 4. The SMILES string of the molecule is NC(=O)C(Cc1c[nH]c2ccccc12)NC(=O)C1CC(N)CCN1C(=O)c1cnccn1. The van der Waals surface area contributed by atoms with Crippen molar-refractivity contribution in [2.24, 2.45) is 11.5 Å². The van der Waals surface area contributed by atoms with Crippen molar-refractivity contribution < 1.29 is 14.4 Å². The maximum absolute atomic E-state index is 13.2. The van der Waals surface area contributed by atoms with Crippen LogP contribution in [0.15, 0.2) is 49.1 Å². The van der Waals surface area contributed by atoms with Crippen molar-refractivity contribution in [1.82, 2.24) is 25.2 Å². The highest BCUT2D eigenvalue weighted by atomic mass is 16.2. The number of nitrogens with one attached hydrogen (secondary N) is 2. The molecule has 3 aromatic rings. The lowest BCUT2D eigenvalue weighted by Crippen LogP contribution is -2.59. The summed E-state index contributed by atoms with van der Waals surface area (Å²) in [5.74, 6) is -1.53. The van der Waals surface area contributed by atoms with Crippen LogP contribution in [0.5, 0.6) is 0 Å². The van der Waals surface area contributed by atoms with Crippen LogP contribution in [0.1, 0.15) is 28.9 Å². The largest absolute Gasteiger partial charge is 0.368 e. The van der Waals surface area contributed by atoms with Crippen molar-refractivity contribution >= 4 is 28.6 Å². The standard InChI is InChI=1S/C22H25N7O3/c23-14-5-8-29(22(32)18-12-25-6-7-26-18)19(10-14)21(31)28-17(20(24)30)9-13-11-27-16-4-2-1-3-15(13)16/h1-4,6-7,11-12,14,17,19,27H,5,8-10,23H2,(H2,24,30)(H,28,31). The molecule has 166 valence electrons. The van der Waals surface area contributed by atoms with Gasteiger partial charge in [-0.15, -0.1) is 0 Å². The molecule has 2 aromatic heterocycles. The highest BCUT2D eigenvalue weighted by molar-refractivity contribution is 5.97. The number of para-hydroxylation sites is 1. The zero-order valence-electron chi connectivity index (χ0n) is 17.4. The van der Waals surface area contributed by atoms with Crippen LogP contribution < -0.4 is 16.8 Å². The van der Waals surface area contributed by atoms with Gasteiger partial charge < -0.3 is 26.7 Å². The van der Waals surface area contributed by atoms with Crippen molar-refractivity contribution in [3.63, 3.8) is 0 Å². The molecule has 0 aliphatic carbocycles. The van der Waals surface area contributed by atoms with Gasteiger partial charge >= 0.3 is 0 Å². The number of nitrogens with zero attached hydrogens (tertiary/aromatic N) is 3. The van der Waals surface area contributed by atoms with Gasteiger partial charge in [0.1, 0.15) is 17.8 Å². The zero-order valence-corrected chi connectivity index (χ0v) is 17.4. The molecule has 1 saturated heterocycles. The summed E-state index contributed by atoms with van der Waals surface area (Å²) in [4.78, 5) is 50.8. The Morgan fingerprint density at radius 1 is 1.25 bits per heavy atom. The van der Waals surface area contributed by atoms with Gasteiger partial charge in [0.2, 0.25) is 11.8 Å². The average Bonchev–Trinajstić information content (AvgIpc) is 3.21. The van der Waals surface area contributed by atoms with E-state index in [0.29, 0.717) is 13.0 Å². The first-order chi connectivity index (χ1) is 15.4. The van der Waals surface area contributed by atoms with E-state index in [1.165, 1.54) is 23.5 Å². The molecule has 3 unspecified atom stereocenters. The predicted octanol–water partition coefficient (Wildman–Crippen LogP) is 0.103. The van der Waals surface area contributed by atoms with Crippen molar-refractivity contribution in [3.05, 3.63) is 60.3 Å². The van der Waals surface area contributed by atoms with Gasteiger partial charge in [-0.05, 0) is 24.5 Å². The second-order valence-electron chi connectivity index (χ2n) is 7.92. The summed E-state index contributed by atoms with van der Waals surface area (Å²) in [6.07, 6.45) is 7.10. The number of aromatic nitrogens is 3. The maximum Gasteiger partial charge on any atom is 0.274 e. The lowest BCUT2D eigenvalue weighted by Gasteiger charge is -2.37. The lowest BCUT2D eigenvalue weighted by molar-refractivity contribution is -0.131. The highest BCUT2D eigenvalue weighted by Gasteiger charge is 2.37. The number of amides is 3. The number of likely N-dealkylation sites (tertiary alicyclic amines) is 1. The minimum atomic E-state index is -0.937. The van der Waals surface area contributed by atoms with Crippen LogP contribution in [-0.4, -0.2) is 62.2 Å². The Balaban J connectivity index is 1.53. The third kappa shape index (κ3) is 4.45. The maximum atomic E-state index is 13.2. The molecule has 10 heteroatoms. The van der Waals surface area contributed by atoms with Crippen LogP contribution >= 0.6 is 0 Å². The number of carbonyl (C=O) groups is 3. The van der Waals surface area contributed by atoms with E-state index in [1.54, 1.807) is 6.20 Å². The topological polar surface area (TPSA) is 160 Å². The first-order valence-corrected chi connectivity index (χ1v) is 10.4. The molecule has 0 saturated carbocycles. The molecular formula is C22H25N7O3. The monoisotopic (exact) mass is 435 g/mol. The van der Waals surface area contributed by atoms with Gasteiger partial charge in [0.05, 0.1) is 6.20 Å². The summed E-state index contributed by atoms with van der Waals surface area (Å²) in [5, 5.41) is 3.68. The number of primary amides is 1. The zero-order chi connectivity index (χ0) is 22.7. The minimum Gasteiger partial charge on any atom is -0.368 e. The van der Waals surface area contributed by atoms with Crippen molar-refractivity contribution in [2.75, 3.05) is 6.54 Å². The molecule has 1 aliphatic rings. The molecule has 6 N–H and O–H groups in total. The quantitative estimate of drug-likeness (QED) is 0.430. The molecule has 3 atom stereocenters. The van der Waals surface area contributed by atoms with Gasteiger partial charge in [0, 0.05) is 48.5 Å². The van der Waals surface area contributed by atoms with E-state index >= 15 is 0 Å². The Morgan fingerprint density at radius 3 is 2.81 bits per heavy atom. The number of piperidine rings is 1. The van der Waals surface area contributed by atoms with Crippen LogP contribution in [0.4, 0.5) is 0 Å². The molecule has 4 rings (SSSR count). The summed E-state index contributed by atoms with van der Waals surface area (Å²) >= 11 is 0. The van der Waals surface area contributed by atoms with Crippen LogP contribution in [-0.2, 0) is 16.0 Å². The highest BCUT2D eigenvalue weighted by Crippen LogP contribution is 2.21. The van der Waals surface area contributed by atoms with Crippen LogP contribution in [0.3, 0.4) is 0 Å². The first-order valence-electron chi connectivity index (χ1n) is 10.4. The average molecular weight is 435 g/mol. The molecule has 1 aromatic carbocycles. The number of aromatic amines is 1. The molecule has 0 bridgehead atoms. The summed E-state index contributed by atoms with van der Waals surface area (Å²) in [6, 6.07) is 5.66. The molecule has 1 fully saturated rings. The third-order valence-electron chi connectivity index (χ3n) is 5.75. The Kier molecular flexibility index (Phi) is 6.13. The Hall–Kier alpha value is -3.79. The third-order valence-corrected chi connectivity index (χ3v) is 5.75. The molecule has 3 heterocycles. The minimum absolute atomic E-state index is 0.144. The van der Waals surface area contributed by atoms with Crippen molar-refractivity contribution in [1.29, 1.82) is 0 Å². The fourth-order valence-corrected chi connectivity index (χ4v) is 4.05. The fourth-order valence-electron chi connectivity index (χ4n) is 4.05. The van der Waals surface area contributed by atoms with Crippen molar-refractivity contribution in [3.8, 4) is 0 Å². The van der Waals surface area contributed by atoms with E-state index in [1.807, 2.05) is 24.3 Å². The smallest absolute Gasteiger partial charge is 0.274 e. The van der Waals surface area contributed by atoms with E-state index in [4.69, 9.17) is 11.5 Å². The second kappa shape index (κ2) is 9.15. The first kappa shape index (κ1) is 21.4. The fraction of sp³-hybridized carbons (Fsp3) is 0.318. The van der Waals surface area contributed by atoms with Gasteiger partial charge in [-0.2, -0.15) is 0 Å². The predicted molar refractivity (Wildman–Crippen MR) is 117 cm³/mol. The molecular weight excluding hydrogens is 410 g/mol. The van der Waals surface area contributed by atoms with Crippen LogP contribution in [0.25, 0.3) is 10.9 Å². The summed E-state index contributed by atoms with van der Waals surface area (Å²) in [6.45, 7) is 0.304. The lowest BCUT2D eigenvalue weighted by atomic mass is 9.96. The molecule has 1 aliphatic heterocycles. The van der Waals surface area contributed by atoms with E-state index in [9.17, 15) is 14.4 Å². The van der Waals surface area contributed by atoms with Crippen molar-refractivity contribution in [2.45, 2.75) is 37.4 Å². The number of benzene rings is 1. The number of carbonyl (C=O) groups excluding carboxylic acids is 3. The Morgan fingerprint density at radius 2 is 2.06 bits per heavy atom. The van der Waals surface area contributed by atoms with Crippen LogP contribution in [0.2, 0.25) is 0 Å². The molecule has 10 nitrogen and oxygen atoms in total. The van der Waals surface area contributed by atoms with Gasteiger partial charge in [0.15, 0.2) is 0 Å². The van der Waals surface area contributed by atoms with Gasteiger partial charge in [-0.3, -0.25) is 19.4 Å². The summed E-state index contributed by atoms with van der Waals surface area (Å²) in [5.41, 5.74) is 13.6. The number of nitrogens with two attached hydrogens (primary N) is 2. The molecule has 3 amide bonds. The van der Waals surface area contributed by atoms with Gasteiger partial charge in [-0.25, -0.2) is 4.98 Å². The second-order valence-corrected chi connectivity index (χ2v) is 7.92. The summed E-state index contributed by atoms with van der Waals surface area (Å²) < 4.78 is 0. The van der Waals surface area contributed by atoms with Gasteiger partial charge in [-0.1, -0.05) is 18.2 Å². The Labute approximate surface area is 184 Å². The molecule has 0 spiro atoms. The number of rotatable bonds is 6. The summed E-state index contributed by atoms with van der Waals surface area (Å²) in [7, 11) is 0. The Bertz CT molecular complexity index is 1130. The van der Waals surface area contributed by atoms with E-state index < -0.39 is 29.8 Å². The van der Waals surface area contributed by atoms with Gasteiger partial charge in [0.25, 0.3) is 5.91 Å².